The van der Waals surface area contributed by atoms with Crippen LogP contribution in [-0.4, -0.2) is 26.8 Å². The Morgan fingerprint density at radius 2 is 1.88 bits per heavy atom. The van der Waals surface area contributed by atoms with Gasteiger partial charge in [-0.2, -0.15) is 0 Å². The van der Waals surface area contributed by atoms with E-state index in [0.717, 1.165) is 11.1 Å². The van der Waals surface area contributed by atoms with Crippen molar-refractivity contribution in [3.05, 3.63) is 53.6 Å². The second-order valence-corrected chi connectivity index (χ2v) is 5.32. The van der Waals surface area contributed by atoms with Crippen LogP contribution in [0.15, 0.2) is 42.5 Å². The summed E-state index contributed by atoms with van der Waals surface area (Å²) in [5.41, 5.74) is 14.4. The van der Waals surface area contributed by atoms with Crippen molar-refractivity contribution >= 4 is 23.4 Å². The van der Waals surface area contributed by atoms with Gasteiger partial charge in [-0.05, 0) is 35.9 Å². The Bertz CT molecular complexity index is 772. The van der Waals surface area contributed by atoms with Crippen LogP contribution in [0.4, 0.5) is 11.4 Å². The van der Waals surface area contributed by atoms with Crippen LogP contribution >= 0.6 is 0 Å². The number of nitrogens with two attached hydrogens (primary N) is 2. The van der Waals surface area contributed by atoms with Gasteiger partial charge in [-0.15, -0.1) is 0 Å². The summed E-state index contributed by atoms with van der Waals surface area (Å²) in [6, 6.07) is 10.6. The van der Waals surface area contributed by atoms with Crippen LogP contribution in [0, 0.1) is 0 Å². The molecule has 4 N–H and O–H groups in total. The number of ether oxygens (including phenoxy) is 3. The van der Waals surface area contributed by atoms with E-state index in [4.69, 9.17) is 25.7 Å². The number of hydrogen-bond acceptors (Lipinski definition) is 6. The van der Waals surface area contributed by atoms with Crippen molar-refractivity contribution in [2.24, 2.45) is 0 Å². The molecule has 2 rings (SSSR count). The average molecular weight is 342 g/mol. The van der Waals surface area contributed by atoms with Gasteiger partial charge in [0.25, 0.3) is 0 Å². The molecule has 0 radical (unpaired) electrons. The topological polar surface area (TPSA) is 96.8 Å². The van der Waals surface area contributed by atoms with E-state index in [9.17, 15) is 4.79 Å². The number of rotatable bonds is 7. The Balaban J connectivity index is 1.90. The largest absolute Gasteiger partial charge is 0.497 e. The molecule has 2 aromatic rings. The van der Waals surface area contributed by atoms with Crippen molar-refractivity contribution in [3.63, 3.8) is 0 Å². The standard InChI is InChI=1S/C19H22N2O4/c1-23-16-7-4-14(18(12-16)24-2)5-8-19(22)25-10-9-13-3-6-15(20)11-17(13)21/h3-8,11-12H,9-10,20-21H2,1-2H3/b8-5+. The summed E-state index contributed by atoms with van der Waals surface area (Å²) in [5, 5.41) is 0. The maximum atomic E-state index is 11.8. The number of carbonyl (C=O) groups is 1. The molecule has 0 atom stereocenters. The van der Waals surface area contributed by atoms with Crippen LogP contribution in [0.2, 0.25) is 0 Å². The normalized spacial score (nSPS) is 10.6. The fourth-order valence-corrected chi connectivity index (χ4v) is 2.26. The van der Waals surface area contributed by atoms with Gasteiger partial charge >= 0.3 is 5.97 Å². The minimum Gasteiger partial charge on any atom is -0.497 e. The highest BCUT2D eigenvalue weighted by Crippen LogP contribution is 2.25. The zero-order chi connectivity index (χ0) is 18.2. The van der Waals surface area contributed by atoms with Crippen LogP contribution < -0.4 is 20.9 Å². The summed E-state index contributed by atoms with van der Waals surface area (Å²) in [6.07, 6.45) is 3.52. The lowest BCUT2D eigenvalue weighted by molar-refractivity contribution is -0.137. The van der Waals surface area contributed by atoms with Crippen molar-refractivity contribution in [1.29, 1.82) is 0 Å². The van der Waals surface area contributed by atoms with Crippen molar-refractivity contribution in [2.75, 3.05) is 32.3 Å². The number of esters is 1. The van der Waals surface area contributed by atoms with Crippen molar-refractivity contribution in [2.45, 2.75) is 6.42 Å². The SMILES string of the molecule is COc1ccc(/C=C/C(=O)OCCc2ccc(N)cc2N)c(OC)c1. The summed E-state index contributed by atoms with van der Waals surface area (Å²) in [7, 11) is 3.14. The molecule has 0 amide bonds. The van der Waals surface area contributed by atoms with Crippen LogP contribution in [0.25, 0.3) is 6.08 Å². The number of methoxy groups -OCH3 is 2. The van der Waals surface area contributed by atoms with Crippen LogP contribution in [0.3, 0.4) is 0 Å². The Hall–Kier alpha value is -3.15. The minimum absolute atomic E-state index is 0.233. The second-order valence-electron chi connectivity index (χ2n) is 5.32. The van der Waals surface area contributed by atoms with E-state index in [1.165, 1.54) is 6.08 Å². The van der Waals surface area contributed by atoms with Gasteiger partial charge < -0.3 is 25.7 Å². The lowest BCUT2D eigenvalue weighted by atomic mass is 10.1. The third-order valence-corrected chi connectivity index (χ3v) is 3.63. The Labute approximate surface area is 147 Å². The summed E-state index contributed by atoms with van der Waals surface area (Å²) >= 11 is 0. The number of hydrogen-bond donors (Lipinski definition) is 2. The molecule has 0 spiro atoms. The van der Waals surface area contributed by atoms with E-state index in [1.807, 2.05) is 6.07 Å². The summed E-state index contributed by atoms with van der Waals surface area (Å²) in [5.74, 6) is 0.850. The predicted molar refractivity (Wildman–Crippen MR) is 98.5 cm³/mol. The van der Waals surface area contributed by atoms with Gasteiger partial charge in [-0.25, -0.2) is 4.79 Å². The average Bonchev–Trinajstić information content (AvgIpc) is 2.61. The molecule has 0 aliphatic heterocycles. The fraction of sp³-hybridized carbons (Fsp3) is 0.211. The van der Waals surface area contributed by atoms with E-state index < -0.39 is 5.97 Å². The smallest absolute Gasteiger partial charge is 0.330 e. The molecule has 0 saturated carbocycles. The molecular formula is C19H22N2O4. The molecular weight excluding hydrogens is 320 g/mol. The third-order valence-electron chi connectivity index (χ3n) is 3.63. The Kier molecular flexibility index (Phi) is 6.28. The molecule has 0 unspecified atom stereocenters. The molecule has 0 saturated heterocycles. The molecule has 0 aliphatic carbocycles. The third kappa shape index (κ3) is 5.17. The van der Waals surface area contributed by atoms with E-state index in [0.29, 0.717) is 29.3 Å². The molecule has 132 valence electrons. The number of nitrogen functional groups attached to an aromatic ring is 2. The van der Waals surface area contributed by atoms with Gasteiger partial charge in [-0.1, -0.05) is 6.07 Å². The lowest BCUT2D eigenvalue weighted by Gasteiger charge is -2.08. The molecule has 0 heterocycles. The Morgan fingerprint density at radius 1 is 1.08 bits per heavy atom. The van der Waals surface area contributed by atoms with Gasteiger partial charge in [0, 0.05) is 35.5 Å². The molecule has 0 aromatic heterocycles. The van der Waals surface area contributed by atoms with E-state index in [2.05, 4.69) is 0 Å². The van der Waals surface area contributed by atoms with E-state index >= 15 is 0 Å². The predicted octanol–water partition coefficient (Wildman–Crippen LogP) is 2.67. The maximum absolute atomic E-state index is 11.8. The fourth-order valence-electron chi connectivity index (χ4n) is 2.26. The first kappa shape index (κ1) is 18.2. The van der Waals surface area contributed by atoms with Gasteiger partial charge in [0.2, 0.25) is 0 Å². The van der Waals surface area contributed by atoms with Crippen molar-refractivity contribution < 1.29 is 19.0 Å². The van der Waals surface area contributed by atoms with Crippen LogP contribution in [-0.2, 0) is 16.0 Å². The van der Waals surface area contributed by atoms with E-state index in [-0.39, 0.29) is 6.61 Å². The quantitative estimate of drug-likeness (QED) is 0.456. The van der Waals surface area contributed by atoms with Gasteiger partial charge in [-0.3, -0.25) is 0 Å². The molecule has 6 heteroatoms. The lowest BCUT2D eigenvalue weighted by Crippen LogP contribution is -2.06. The zero-order valence-corrected chi connectivity index (χ0v) is 14.3. The highest BCUT2D eigenvalue weighted by atomic mass is 16.5. The molecule has 0 aliphatic rings. The van der Waals surface area contributed by atoms with Gasteiger partial charge in [0.1, 0.15) is 11.5 Å². The second kappa shape index (κ2) is 8.63. The van der Waals surface area contributed by atoms with Crippen molar-refractivity contribution in [3.8, 4) is 11.5 Å². The number of benzene rings is 2. The van der Waals surface area contributed by atoms with Crippen LogP contribution in [0.5, 0.6) is 11.5 Å². The zero-order valence-electron chi connectivity index (χ0n) is 14.3. The van der Waals surface area contributed by atoms with Crippen molar-refractivity contribution in [1.82, 2.24) is 0 Å². The molecule has 2 aromatic carbocycles. The maximum Gasteiger partial charge on any atom is 0.330 e. The Morgan fingerprint density at radius 3 is 2.56 bits per heavy atom. The summed E-state index contributed by atoms with van der Waals surface area (Å²) < 4.78 is 15.6. The van der Waals surface area contributed by atoms with Gasteiger partial charge in [0.05, 0.1) is 20.8 Å². The first-order valence-corrected chi connectivity index (χ1v) is 7.74. The van der Waals surface area contributed by atoms with Crippen LogP contribution in [0.1, 0.15) is 11.1 Å². The number of anilines is 2. The number of carbonyl (C=O) groups excluding carboxylic acids is 1. The highest BCUT2D eigenvalue weighted by Gasteiger charge is 2.05. The minimum atomic E-state index is -0.438. The molecule has 6 nitrogen and oxygen atoms in total. The van der Waals surface area contributed by atoms with Gasteiger partial charge in [0.15, 0.2) is 0 Å². The first-order chi connectivity index (χ1) is 12.0. The highest BCUT2D eigenvalue weighted by molar-refractivity contribution is 5.87. The summed E-state index contributed by atoms with van der Waals surface area (Å²) in [4.78, 5) is 11.8. The first-order valence-electron chi connectivity index (χ1n) is 7.74. The molecule has 25 heavy (non-hydrogen) atoms. The van der Waals surface area contributed by atoms with E-state index in [1.54, 1.807) is 50.6 Å². The molecule has 0 bridgehead atoms. The monoisotopic (exact) mass is 342 g/mol. The summed E-state index contributed by atoms with van der Waals surface area (Å²) in [6.45, 7) is 0.233. The molecule has 0 fully saturated rings.